The van der Waals surface area contributed by atoms with Gasteiger partial charge in [-0.25, -0.2) is 0 Å². The van der Waals surface area contributed by atoms with Crippen LogP contribution >= 0.6 is 0 Å². The van der Waals surface area contributed by atoms with Crippen LogP contribution in [0.4, 0.5) is 0 Å². The summed E-state index contributed by atoms with van der Waals surface area (Å²) in [4.78, 5) is 9.04. The highest BCUT2D eigenvalue weighted by Crippen LogP contribution is 2.25. The summed E-state index contributed by atoms with van der Waals surface area (Å²) in [7, 11) is -0.203. The Morgan fingerprint density at radius 1 is 1.28 bits per heavy atom. The van der Waals surface area contributed by atoms with Crippen LogP contribution in [0, 0.1) is 19.8 Å². The van der Waals surface area contributed by atoms with Gasteiger partial charge in [0, 0.05) is 44.6 Å². The van der Waals surface area contributed by atoms with Crippen molar-refractivity contribution < 1.29 is 8.42 Å². The molecule has 0 aliphatic carbocycles. The molecule has 0 saturated carbocycles. The molecule has 0 bridgehead atoms. The number of aromatic amines is 1. The zero-order valence-corrected chi connectivity index (χ0v) is 15.8. The molecule has 0 aromatic carbocycles. The molecule has 0 amide bonds. The van der Waals surface area contributed by atoms with E-state index < -0.39 is 10.2 Å². The molecule has 2 aromatic rings. The average Bonchev–Trinajstić information content (AvgIpc) is 3.16. The van der Waals surface area contributed by atoms with Crippen LogP contribution < -0.4 is 0 Å². The smallest absolute Gasteiger partial charge is 0.281 e. The lowest BCUT2D eigenvalue weighted by atomic mass is 10.0. The first-order chi connectivity index (χ1) is 11.8. The van der Waals surface area contributed by atoms with Gasteiger partial charge in [-0.2, -0.15) is 22.1 Å². The van der Waals surface area contributed by atoms with Crippen LogP contribution in [-0.4, -0.2) is 64.4 Å². The van der Waals surface area contributed by atoms with Gasteiger partial charge in [0.05, 0.1) is 23.3 Å². The van der Waals surface area contributed by atoms with Crippen molar-refractivity contribution in [1.82, 2.24) is 28.8 Å². The first kappa shape index (κ1) is 18.0. The Kier molecular flexibility index (Phi) is 4.90. The monoisotopic (exact) mass is 364 g/mol. The van der Waals surface area contributed by atoms with Gasteiger partial charge in [-0.15, -0.1) is 0 Å². The number of nitrogens with zero attached hydrogens (tertiary/aromatic N) is 5. The zero-order chi connectivity index (χ0) is 18.2. The third-order valence-electron chi connectivity index (χ3n) is 4.62. The van der Waals surface area contributed by atoms with E-state index in [4.69, 9.17) is 0 Å². The minimum absolute atomic E-state index is 0.271. The molecule has 3 rings (SSSR count). The predicted molar refractivity (Wildman–Crippen MR) is 95.1 cm³/mol. The molecular formula is C16H24N6O2S. The molecule has 1 fully saturated rings. The summed E-state index contributed by atoms with van der Waals surface area (Å²) in [5.74, 6) is 0.271. The van der Waals surface area contributed by atoms with Gasteiger partial charge < -0.3 is 0 Å². The Bertz CT molecular complexity index is 825. The second-order valence-electron chi connectivity index (χ2n) is 6.71. The van der Waals surface area contributed by atoms with Crippen LogP contribution in [0.15, 0.2) is 12.4 Å². The van der Waals surface area contributed by atoms with Crippen LogP contribution in [0.2, 0.25) is 0 Å². The summed E-state index contributed by atoms with van der Waals surface area (Å²) in [5.41, 5.74) is 4.55. The average molecular weight is 364 g/mol. The molecule has 8 nitrogen and oxygen atoms in total. The predicted octanol–water partition coefficient (Wildman–Crippen LogP) is 1.15. The summed E-state index contributed by atoms with van der Waals surface area (Å²) in [6, 6.07) is 0. The molecule has 1 atom stereocenters. The molecule has 0 spiro atoms. The fourth-order valence-electron chi connectivity index (χ4n) is 3.22. The standard InChI is InChI=1S/C16H24N6O2S/c1-11-16(12(2)20-19-11)15-9-17-14(8-18-15)7-13-5-6-22(10-13)25(23,24)21(3)4/h8-9,13H,5-7,10H2,1-4H3,(H,19,20). The number of H-pyrrole nitrogens is 1. The number of nitrogens with one attached hydrogen (secondary N) is 1. The van der Waals surface area contributed by atoms with Crippen molar-refractivity contribution in [3.8, 4) is 11.3 Å². The van der Waals surface area contributed by atoms with Crippen LogP contribution in [0.5, 0.6) is 0 Å². The van der Waals surface area contributed by atoms with E-state index in [1.165, 1.54) is 8.61 Å². The molecule has 1 saturated heterocycles. The maximum absolute atomic E-state index is 12.2. The molecule has 2 aromatic heterocycles. The topological polar surface area (TPSA) is 95.1 Å². The van der Waals surface area contributed by atoms with Crippen LogP contribution in [-0.2, 0) is 16.6 Å². The van der Waals surface area contributed by atoms with Gasteiger partial charge in [0.2, 0.25) is 0 Å². The molecular weight excluding hydrogens is 340 g/mol. The molecule has 25 heavy (non-hydrogen) atoms. The third-order valence-corrected chi connectivity index (χ3v) is 6.53. The summed E-state index contributed by atoms with van der Waals surface area (Å²) in [5, 5.41) is 7.14. The van der Waals surface area contributed by atoms with Gasteiger partial charge in [0.15, 0.2) is 0 Å². The van der Waals surface area contributed by atoms with Gasteiger partial charge in [0.25, 0.3) is 10.2 Å². The second-order valence-corrected chi connectivity index (χ2v) is 8.85. The number of hydrogen-bond acceptors (Lipinski definition) is 5. The van der Waals surface area contributed by atoms with Gasteiger partial charge in [0.1, 0.15) is 0 Å². The number of aromatic nitrogens is 4. The van der Waals surface area contributed by atoms with E-state index in [0.717, 1.165) is 41.2 Å². The van der Waals surface area contributed by atoms with E-state index in [2.05, 4.69) is 20.2 Å². The van der Waals surface area contributed by atoms with Gasteiger partial charge in [-0.3, -0.25) is 15.1 Å². The summed E-state index contributed by atoms with van der Waals surface area (Å²) in [6.07, 6.45) is 5.13. The molecule has 9 heteroatoms. The van der Waals surface area contributed by atoms with Gasteiger partial charge >= 0.3 is 0 Å². The Hall–Kier alpha value is -1.84. The van der Waals surface area contributed by atoms with E-state index in [1.807, 2.05) is 13.8 Å². The van der Waals surface area contributed by atoms with Gasteiger partial charge in [-0.05, 0) is 32.6 Å². The van der Waals surface area contributed by atoms with E-state index >= 15 is 0 Å². The molecule has 1 N–H and O–H groups in total. The first-order valence-corrected chi connectivity index (χ1v) is 9.69. The Morgan fingerprint density at radius 3 is 2.60 bits per heavy atom. The molecule has 3 heterocycles. The number of hydrogen-bond donors (Lipinski definition) is 1. The molecule has 0 radical (unpaired) electrons. The van der Waals surface area contributed by atoms with Crippen molar-refractivity contribution in [2.45, 2.75) is 26.7 Å². The van der Waals surface area contributed by atoms with Crippen LogP contribution in [0.25, 0.3) is 11.3 Å². The lowest BCUT2D eigenvalue weighted by Gasteiger charge is -2.20. The quantitative estimate of drug-likeness (QED) is 0.859. The maximum atomic E-state index is 12.2. The lowest BCUT2D eigenvalue weighted by molar-refractivity contribution is 0.409. The lowest BCUT2D eigenvalue weighted by Crippen LogP contribution is -2.38. The van der Waals surface area contributed by atoms with E-state index in [-0.39, 0.29) is 5.92 Å². The van der Waals surface area contributed by atoms with Crippen molar-refractivity contribution in [3.63, 3.8) is 0 Å². The Morgan fingerprint density at radius 2 is 2.04 bits per heavy atom. The second kappa shape index (κ2) is 6.81. The summed E-state index contributed by atoms with van der Waals surface area (Å²) >= 11 is 0. The van der Waals surface area contributed by atoms with Crippen molar-refractivity contribution in [3.05, 3.63) is 29.5 Å². The summed E-state index contributed by atoms with van der Waals surface area (Å²) in [6.45, 7) is 4.99. The van der Waals surface area contributed by atoms with Crippen molar-refractivity contribution in [1.29, 1.82) is 0 Å². The highest BCUT2D eigenvalue weighted by molar-refractivity contribution is 7.86. The fourth-order valence-corrected chi connectivity index (χ4v) is 4.41. The van der Waals surface area contributed by atoms with Crippen molar-refractivity contribution >= 4 is 10.2 Å². The van der Waals surface area contributed by atoms with E-state index in [9.17, 15) is 8.42 Å². The van der Waals surface area contributed by atoms with Crippen molar-refractivity contribution in [2.75, 3.05) is 27.2 Å². The SMILES string of the molecule is Cc1n[nH]c(C)c1-c1cnc(CC2CCN(S(=O)(=O)N(C)C)C2)cn1. The highest BCUT2D eigenvalue weighted by Gasteiger charge is 2.32. The minimum atomic E-state index is -3.33. The first-order valence-electron chi connectivity index (χ1n) is 8.29. The van der Waals surface area contributed by atoms with E-state index in [0.29, 0.717) is 13.1 Å². The third kappa shape index (κ3) is 3.58. The van der Waals surface area contributed by atoms with Gasteiger partial charge in [-0.1, -0.05) is 0 Å². The minimum Gasteiger partial charge on any atom is -0.282 e. The van der Waals surface area contributed by atoms with E-state index in [1.54, 1.807) is 26.5 Å². The maximum Gasteiger partial charge on any atom is 0.281 e. The van der Waals surface area contributed by atoms with Crippen LogP contribution in [0.3, 0.4) is 0 Å². The Balaban J connectivity index is 1.67. The summed E-state index contributed by atoms with van der Waals surface area (Å²) < 4.78 is 27.2. The van der Waals surface area contributed by atoms with Crippen LogP contribution in [0.1, 0.15) is 23.5 Å². The molecule has 1 aliphatic heterocycles. The van der Waals surface area contributed by atoms with Crippen molar-refractivity contribution in [2.24, 2.45) is 5.92 Å². The number of rotatable bonds is 5. The zero-order valence-electron chi connectivity index (χ0n) is 15.0. The Labute approximate surface area is 148 Å². The normalized spacial score (nSPS) is 19.0. The highest BCUT2D eigenvalue weighted by atomic mass is 32.2. The fraction of sp³-hybridized carbons (Fsp3) is 0.562. The largest absolute Gasteiger partial charge is 0.282 e. The molecule has 1 aliphatic rings. The number of aryl methyl sites for hydroxylation is 2. The molecule has 136 valence electrons. The molecule has 1 unspecified atom stereocenters.